The third-order valence-corrected chi connectivity index (χ3v) is 3.40. The van der Waals surface area contributed by atoms with Crippen molar-refractivity contribution in [2.75, 3.05) is 13.7 Å². The molecule has 1 unspecified atom stereocenters. The minimum Gasteiger partial charge on any atom is -0.468 e. The van der Waals surface area contributed by atoms with Crippen molar-refractivity contribution in [2.45, 2.75) is 38.1 Å². The second kappa shape index (κ2) is 4.30. The molecule has 80 valence electrons. The zero-order valence-corrected chi connectivity index (χ0v) is 8.79. The molecule has 0 saturated heterocycles. The molecule has 0 aromatic rings. The zero-order chi connectivity index (χ0) is 9.97. The second-order valence-corrected chi connectivity index (χ2v) is 4.54. The molecule has 2 rings (SSSR count). The Labute approximate surface area is 85.2 Å². The van der Waals surface area contributed by atoms with Gasteiger partial charge < -0.3 is 10.1 Å². The fourth-order valence-corrected chi connectivity index (χ4v) is 1.99. The highest BCUT2D eigenvalue weighted by molar-refractivity contribution is 5.76. The largest absolute Gasteiger partial charge is 0.468 e. The van der Waals surface area contributed by atoms with E-state index in [1.165, 1.54) is 39.2 Å². The van der Waals surface area contributed by atoms with Crippen molar-refractivity contribution in [3.05, 3.63) is 0 Å². The predicted octanol–water partition coefficient (Wildman–Crippen LogP) is 1.33. The minimum atomic E-state index is -0.0770. The Bertz CT molecular complexity index is 209. The lowest BCUT2D eigenvalue weighted by Crippen LogP contribution is -2.42. The Kier molecular flexibility index (Phi) is 3.06. The van der Waals surface area contributed by atoms with Gasteiger partial charge in [0, 0.05) is 0 Å². The van der Waals surface area contributed by atoms with Crippen LogP contribution in [0.1, 0.15) is 32.1 Å². The summed E-state index contributed by atoms with van der Waals surface area (Å²) in [5, 5.41) is 3.36. The Morgan fingerprint density at radius 1 is 1.43 bits per heavy atom. The maximum absolute atomic E-state index is 11.4. The molecule has 14 heavy (non-hydrogen) atoms. The van der Waals surface area contributed by atoms with Gasteiger partial charge in [-0.1, -0.05) is 6.42 Å². The van der Waals surface area contributed by atoms with Gasteiger partial charge in [-0.25, -0.2) is 0 Å². The molecule has 2 aliphatic carbocycles. The molecule has 2 aliphatic rings. The van der Waals surface area contributed by atoms with Crippen LogP contribution >= 0.6 is 0 Å². The fraction of sp³-hybridized carbons (Fsp3) is 0.909. The molecular weight excluding hydrogens is 178 g/mol. The van der Waals surface area contributed by atoms with Crippen LogP contribution in [0, 0.1) is 11.8 Å². The average molecular weight is 197 g/mol. The van der Waals surface area contributed by atoms with Crippen LogP contribution in [0.3, 0.4) is 0 Å². The number of ether oxygens (including phenoxy) is 1. The smallest absolute Gasteiger partial charge is 0.323 e. The summed E-state index contributed by atoms with van der Waals surface area (Å²) in [6, 6.07) is -0.0272. The molecule has 0 radical (unpaired) electrons. The summed E-state index contributed by atoms with van der Waals surface area (Å²) in [6.45, 7) is 0.996. The molecule has 0 aromatic heterocycles. The summed E-state index contributed by atoms with van der Waals surface area (Å²) in [5.41, 5.74) is 0. The van der Waals surface area contributed by atoms with Crippen molar-refractivity contribution in [3.63, 3.8) is 0 Å². The molecule has 0 bridgehead atoms. The Balaban J connectivity index is 1.74. The van der Waals surface area contributed by atoms with Gasteiger partial charge in [0.1, 0.15) is 6.04 Å². The summed E-state index contributed by atoms with van der Waals surface area (Å²) in [4.78, 5) is 11.4. The first-order valence-corrected chi connectivity index (χ1v) is 5.62. The first-order valence-electron chi connectivity index (χ1n) is 5.62. The van der Waals surface area contributed by atoms with E-state index in [4.69, 9.17) is 4.74 Å². The van der Waals surface area contributed by atoms with E-state index in [1.807, 2.05) is 0 Å². The molecule has 0 aromatic carbocycles. The van der Waals surface area contributed by atoms with E-state index in [9.17, 15) is 4.79 Å². The summed E-state index contributed by atoms with van der Waals surface area (Å²) in [6.07, 6.45) is 6.37. The van der Waals surface area contributed by atoms with Crippen LogP contribution in [-0.4, -0.2) is 25.7 Å². The summed E-state index contributed by atoms with van der Waals surface area (Å²) < 4.78 is 4.80. The lowest BCUT2D eigenvalue weighted by atomic mass is 9.85. The SMILES string of the molecule is COC(=O)C(NCC1CCC1)C1CC1. The fourth-order valence-electron chi connectivity index (χ4n) is 1.99. The molecule has 1 N–H and O–H groups in total. The van der Waals surface area contributed by atoms with E-state index in [0.29, 0.717) is 5.92 Å². The maximum Gasteiger partial charge on any atom is 0.323 e. The van der Waals surface area contributed by atoms with Gasteiger partial charge in [-0.05, 0) is 44.1 Å². The van der Waals surface area contributed by atoms with Crippen LogP contribution in [-0.2, 0) is 9.53 Å². The molecule has 2 saturated carbocycles. The van der Waals surface area contributed by atoms with E-state index in [0.717, 1.165) is 12.5 Å². The van der Waals surface area contributed by atoms with Gasteiger partial charge in [0.15, 0.2) is 0 Å². The molecule has 2 fully saturated rings. The van der Waals surface area contributed by atoms with Crippen molar-refractivity contribution in [1.82, 2.24) is 5.32 Å². The molecule has 0 aliphatic heterocycles. The number of methoxy groups -OCH3 is 1. The zero-order valence-electron chi connectivity index (χ0n) is 8.79. The quantitative estimate of drug-likeness (QED) is 0.676. The highest BCUT2D eigenvalue weighted by Gasteiger charge is 2.37. The van der Waals surface area contributed by atoms with Gasteiger partial charge in [-0.3, -0.25) is 4.79 Å². The number of carbonyl (C=O) groups is 1. The van der Waals surface area contributed by atoms with Crippen LogP contribution in [0.15, 0.2) is 0 Å². The predicted molar refractivity (Wildman–Crippen MR) is 53.9 cm³/mol. The average Bonchev–Trinajstić information content (AvgIpc) is 2.91. The van der Waals surface area contributed by atoms with Crippen molar-refractivity contribution in [2.24, 2.45) is 11.8 Å². The van der Waals surface area contributed by atoms with Crippen molar-refractivity contribution >= 4 is 5.97 Å². The number of rotatable bonds is 5. The highest BCUT2D eigenvalue weighted by Crippen LogP contribution is 2.34. The number of nitrogens with one attached hydrogen (secondary N) is 1. The van der Waals surface area contributed by atoms with Crippen molar-refractivity contribution in [1.29, 1.82) is 0 Å². The third kappa shape index (κ3) is 2.27. The first-order chi connectivity index (χ1) is 6.81. The monoisotopic (exact) mass is 197 g/mol. The van der Waals surface area contributed by atoms with Gasteiger partial charge in [0.05, 0.1) is 7.11 Å². The minimum absolute atomic E-state index is 0.0272. The molecule has 0 amide bonds. The summed E-state index contributed by atoms with van der Waals surface area (Å²) in [7, 11) is 1.47. The third-order valence-electron chi connectivity index (χ3n) is 3.40. The first kappa shape index (κ1) is 9.97. The van der Waals surface area contributed by atoms with Crippen LogP contribution < -0.4 is 5.32 Å². The van der Waals surface area contributed by atoms with E-state index in [-0.39, 0.29) is 12.0 Å². The molecule has 3 nitrogen and oxygen atoms in total. The Morgan fingerprint density at radius 2 is 2.14 bits per heavy atom. The normalized spacial score (nSPS) is 24.1. The van der Waals surface area contributed by atoms with Crippen LogP contribution in [0.2, 0.25) is 0 Å². The van der Waals surface area contributed by atoms with Crippen molar-refractivity contribution < 1.29 is 9.53 Å². The van der Waals surface area contributed by atoms with E-state index < -0.39 is 0 Å². The highest BCUT2D eigenvalue weighted by atomic mass is 16.5. The Morgan fingerprint density at radius 3 is 2.57 bits per heavy atom. The Hall–Kier alpha value is -0.570. The van der Waals surface area contributed by atoms with Gasteiger partial charge in [-0.15, -0.1) is 0 Å². The molecule has 0 heterocycles. The van der Waals surface area contributed by atoms with Gasteiger partial charge >= 0.3 is 5.97 Å². The molecule has 1 atom stereocenters. The molecule has 0 spiro atoms. The molecular formula is C11H19NO2. The van der Waals surface area contributed by atoms with E-state index >= 15 is 0 Å². The number of hydrogen-bond acceptors (Lipinski definition) is 3. The van der Waals surface area contributed by atoms with E-state index in [1.54, 1.807) is 0 Å². The van der Waals surface area contributed by atoms with Gasteiger partial charge in [0.2, 0.25) is 0 Å². The summed E-state index contributed by atoms with van der Waals surface area (Å²) in [5.74, 6) is 1.27. The maximum atomic E-state index is 11.4. The lowest BCUT2D eigenvalue weighted by molar-refractivity contribution is -0.143. The number of carbonyl (C=O) groups excluding carboxylic acids is 1. The summed E-state index contributed by atoms with van der Waals surface area (Å²) >= 11 is 0. The number of hydrogen-bond donors (Lipinski definition) is 1. The van der Waals surface area contributed by atoms with Crippen molar-refractivity contribution in [3.8, 4) is 0 Å². The van der Waals surface area contributed by atoms with Gasteiger partial charge in [0.25, 0.3) is 0 Å². The van der Waals surface area contributed by atoms with Crippen LogP contribution in [0.4, 0.5) is 0 Å². The molecule has 3 heteroatoms. The van der Waals surface area contributed by atoms with Crippen LogP contribution in [0.25, 0.3) is 0 Å². The van der Waals surface area contributed by atoms with Gasteiger partial charge in [-0.2, -0.15) is 0 Å². The van der Waals surface area contributed by atoms with E-state index in [2.05, 4.69) is 5.32 Å². The topological polar surface area (TPSA) is 38.3 Å². The number of esters is 1. The second-order valence-electron chi connectivity index (χ2n) is 4.54. The van der Waals surface area contributed by atoms with Crippen LogP contribution in [0.5, 0.6) is 0 Å². The lowest BCUT2D eigenvalue weighted by Gasteiger charge is -2.27. The standard InChI is InChI=1S/C11H19NO2/c1-14-11(13)10(9-5-6-9)12-7-8-3-2-4-8/h8-10,12H,2-7H2,1H3.